The lowest BCUT2D eigenvalue weighted by molar-refractivity contribution is 0.298. The van der Waals surface area contributed by atoms with E-state index in [0.29, 0.717) is 12.6 Å². The van der Waals surface area contributed by atoms with Crippen molar-refractivity contribution >= 4 is 11.6 Å². The van der Waals surface area contributed by atoms with Gasteiger partial charge in [-0.1, -0.05) is 23.7 Å². The largest absolute Gasteiger partial charge is 0.309 e. The standard InChI is InChI=1S/C14H20ClFN2/c1-11(10-18-7-2-3-8-18)17-9-12-5-4-6-13(16)14(12)15/h4-6,11,17H,2-3,7-10H2,1H3. The molecule has 1 fully saturated rings. The van der Waals surface area contributed by atoms with Gasteiger partial charge in [0, 0.05) is 19.1 Å². The Labute approximate surface area is 113 Å². The molecule has 4 heteroatoms. The highest BCUT2D eigenvalue weighted by Crippen LogP contribution is 2.19. The van der Waals surface area contributed by atoms with Crippen LogP contribution >= 0.6 is 11.6 Å². The number of benzene rings is 1. The molecule has 1 aromatic rings. The normalized spacial score (nSPS) is 18.2. The van der Waals surface area contributed by atoms with E-state index in [1.165, 1.54) is 32.0 Å². The number of hydrogen-bond acceptors (Lipinski definition) is 2. The fourth-order valence-electron chi connectivity index (χ4n) is 2.39. The summed E-state index contributed by atoms with van der Waals surface area (Å²) in [4.78, 5) is 2.46. The Kier molecular flexibility index (Phi) is 4.98. The predicted molar refractivity (Wildman–Crippen MR) is 73.4 cm³/mol. The minimum Gasteiger partial charge on any atom is -0.309 e. The van der Waals surface area contributed by atoms with Gasteiger partial charge in [0.2, 0.25) is 0 Å². The maximum Gasteiger partial charge on any atom is 0.142 e. The second-order valence-electron chi connectivity index (χ2n) is 5.00. The van der Waals surface area contributed by atoms with E-state index in [0.717, 1.165) is 12.1 Å². The van der Waals surface area contributed by atoms with Crippen LogP contribution in [0.5, 0.6) is 0 Å². The Morgan fingerprint density at radius 2 is 2.11 bits per heavy atom. The van der Waals surface area contributed by atoms with Gasteiger partial charge in [0.05, 0.1) is 5.02 Å². The molecular weight excluding hydrogens is 251 g/mol. The first kappa shape index (κ1) is 13.8. The van der Waals surface area contributed by atoms with Crippen LogP contribution in [0.1, 0.15) is 25.3 Å². The van der Waals surface area contributed by atoms with Crippen molar-refractivity contribution in [2.24, 2.45) is 0 Å². The van der Waals surface area contributed by atoms with Crippen molar-refractivity contribution in [2.75, 3.05) is 19.6 Å². The van der Waals surface area contributed by atoms with Gasteiger partial charge in [-0.25, -0.2) is 4.39 Å². The number of rotatable bonds is 5. The SMILES string of the molecule is CC(CN1CCCC1)NCc1cccc(F)c1Cl. The van der Waals surface area contributed by atoms with Gasteiger partial charge in [-0.15, -0.1) is 0 Å². The lowest BCUT2D eigenvalue weighted by Gasteiger charge is -2.21. The van der Waals surface area contributed by atoms with Crippen LogP contribution in [0.25, 0.3) is 0 Å². The van der Waals surface area contributed by atoms with Gasteiger partial charge in [0.25, 0.3) is 0 Å². The van der Waals surface area contributed by atoms with Gasteiger partial charge in [-0.2, -0.15) is 0 Å². The smallest absolute Gasteiger partial charge is 0.142 e. The summed E-state index contributed by atoms with van der Waals surface area (Å²) in [5.41, 5.74) is 0.824. The van der Waals surface area contributed by atoms with Crippen molar-refractivity contribution in [3.8, 4) is 0 Å². The fraction of sp³-hybridized carbons (Fsp3) is 0.571. The summed E-state index contributed by atoms with van der Waals surface area (Å²) < 4.78 is 13.3. The van der Waals surface area contributed by atoms with E-state index in [-0.39, 0.29) is 10.8 Å². The van der Waals surface area contributed by atoms with Crippen LogP contribution in [0, 0.1) is 5.82 Å². The third-order valence-corrected chi connectivity index (χ3v) is 3.83. The summed E-state index contributed by atoms with van der Waals surface area (Å²) in [5, 5.41) is 3.64. The number of likely N-dealkylation sites (tertiary alicyclic amines) is 1. The molecule has 1 heterocycles. The first-order valence-electron chi connectivity index (χ1n) is 6.55. The molecule has 1 atom stereocenters. The average Bonchev–Trinajstić information content (AvgIpc) is 2.84. The van der Waals surface area contributed by atoms with E-state index in [1.807, 2.05) is 6.07 Å². The second-order valence-corrected chi connectivity index (χ2v) is 5.38. The molecule has 1 saturated heterocycles. The van der Waals surface area contributed by atoms with Gasteiger partial charge in [-0.3, -0.25) is 0 Å². The van der Waals surface area contributed by atoms with Gasteiger partial charge in [0.15, 0.2) is 0 Å². The van der Waals surface area contributed by atoms with Crippen molar-refractivity contribution in [2.45, 2.75) is 32.4 Å². The van der Waals surface area contributed by atoms with Crippen LogP contribution in [0.2, 0.25) is 5.02 Å². The summed E-state index contributed by atoms with van der Waals surface area (Å²) in [6.07, 6.45) is 2.62. The summed E-state index contributed by atoms with van der Waals surface area (Å²) in [7, 11) is 0. The maximum absolute atomic E-state index is 13.3. The highest BCUT2D eigenvalue weighted by molar-refractivity contribution is 6.31. The molecule has 1 aromatic carbocycles. The third-order valence-electron chi connectivity index (χ3n) is 3.40. The monoisotopic (exact) mass is 270 g/mol. The highest BCUT2D eigenvalue weighted by Gasteiger charge is 2.14. The van der Waals surface area contributed by atoms with Crippen molar-refractivity contribution in [1.29, 1.82) is 0 Å². The second kappa shape index (κ2) is 6.50. The zero-order valence-electron chi connectivity index (χ0n) is 10.8. The molecule has 1 unspecified atom stereocenters. The van der Waals surface area contributed by atoms with Gasteiger partial charge >= 0.3 is 0 Å². The fourth-order valence-corrected chi connectivity index (χ4v) is 2.58. The van der Waals surface area contributed by atoms with Crippen LogP contribution < -0.4 is 5.32 Å². The molecule has 0 aliphatic carbocycles. The van der Waals surface area contributed by atoms with Crippen LogP contribution in [0.15, 0.2) is 18.2 Å². The summed E-state index contributed by atoms with van der Waals surface area (Å²) >= 11 is 5.92. The number of nitrogens with one attached hydrogen (secondary N) is 1. The average molecular weight is 271 g/mol. The molecule has 1 aliphatic rings. The van der Waals surface area contributed by atoms with Crippen LogP contribution in [0.3, 0.4) is 0 Å². The zero-order chi connectivity index (χ0) is 13.0. The molecule has 100 valence electrons. The summed E-state index contributed by atoms with van der Waals surface area (Å²) in [6, 6.07) is 5.34. The Balaban J connectivity index is 1.81. The van der Waals surface area contributed by atoms with Crippen molar-refractivity contribution in [1.82, 2.24) is 10.2 Å². The quantitative estimate of drug-likeness (QED) is 0.885. The first-order valence-corrected chi connectivity index (χ1v) is 6.93. The Bertz CT molecular complexity index is 391. The summed E-state index contributed by atoms with van der Waals surface area (Å²) in [6.45, 7) is 6.23. The number of halogens is 2. The van der Waals surface area contributed by atoms with Crippen molar-refractivity contribution in [3.05, 3.63) is 34.6 Å². The van der Waals surface area contributed by atoms with Gasteiger partial charge in [0.1, 0.15) is 5.82 Å². The predicted octanol–water partition coefficient (Wildman–Crippen LogP) is 3.05. The van der Waals surface area contributed by atoms with Crippen molar-refractivity contribution < 1.29 is 4.39 Å². The van der Waals surface area contributed by atoms with E-state index in [2.05, 4.69) is 17.1 Å². The number of hydrogen-bond donors (Lipinski definition) is 1. The van der Waals surface area contributed by atoms with Gasteiger partial charge < -0.3 is 10.2 Å². The van der Waals surface area contributed by atoms with E-state index in [4.69, 9.17) is 11.6 Å². The number of nitrogens with zero attached hydrogens (tertiary/aromatic N) is 1. The van der Waals surface area contributed by atoms with E-state index in [1.54, 1.807) is 6.07 Å². The molecular formula is C14H20ClFN2. The molecule has 0 bridgehead atoms. The van der Waals surface area contributed by atoms with Gasteiger partial charge in [-0.05, 0) is 44.5 Å². The summed E-state index contributed by atoms with van der Waals surface area (Å²) in [5.74, 6) is -0.344. The molecule has 0 aromatic heterocycles. The molecule has 0 spiro atoms. The van der Waals surface area contributed by atoms with E-state index in [9.17, 15) is 4.39 Å². The Morgan fingerprint density at radius 1 is 1.39 bits per heavy atom. The van der Waals surface area contributed by atoms with Crippen molar-refractivity contribution in [3.63, 3.8) is 0 Å². The molecule has 0 saturated carbocycles. The van der Waals surface area contributed by atoms with E-state index < -0.39 is 0 Å². The molecule has 1 N–H and O–H groups in total. The topological polar surface area (TPSA) is 15.3 Å². The van der Waals surface area contributed by atoms with Crippen LogP contribution in [-0.4, -0.2) is 30.6 Å². The van der Waals surface area contributed by atoms with Crippen LogP contribution in [0.4, 0.5) is 4.39 Å². The third kappa shape index (κ3) is 3.67. The molecule has 18 heavy (non-hydrogen) atoms. The highest BCUT2D eigenvalue weighted by atomic mass is 35.5. The molecule has 2 rings (SSSR count). The Morgan fingerprint density at radius 3 is 2.83 bits per heavy atom. The van der Waals surface area contributed by atoms with Crippen LogP contribution in [-0.2, 0) is 6.54 Å². The zero-order valence-corrected chi connectivity index (χ0v) is 11.5. The minimum absolute atomic E-state index is 0.235. The minimum atomic E-state index is -0.344. The lowest BCUT2D eigenvalue weighted by atomic mass is 10.2. The molecule has 0 amide bonds. The molecule has 2 nitrogen and oxygen atoms in total. The lowest BCUT2D eigenvalue weighted by Crippen LogP contribution is -2.37. The molecule has 0 radical (unpaired) electrons. The molecule has 1 aliphatic heterocycles. The first-order chi connectivity index (χ1) is 8.66. The van der Waals surface area contributed by atoms with E-state index >= 15 is 0 Å². The maximum atomic E-state index is 13.3. The Hall–Kier alpha value is -0.640.